The van der Waals surface area contributed by atoms with Gasteiger partial charge in [-0.1, -0.05) is 30.5 Å². The van der Waals surface area contributed by atoms with Crippen molar-refractivity contribution in [3.63, 3.8) is 0 Å². The molecule has 2 aliphatic carbocycles. The summed E-state index contributed by atoms with van der Waals surface area (Å²) in [5.74, 6) is 2.03. The van der Waals surface area contributed by atoms with Crippen LogP contribution in [0, 0.1) is 18.8 Å². The molecule has 0 spiro atoms. The van der Waals surface area contributed by atoms with Gasteiger partial charge in [0.1, 0.15) is 0 Å². The largest absolute Gasteiger partial charge is 0.382 e. The van der Waals surface area contributed by atoms with Crippen molar-refractivity contribution < 1.29 is 0 Å². The standard InChI is InChI=1S/C16H22ClN/c1-11-5-8-14(17)10-16(11)18-15-4-2-3-13(9-15)12-6-7-12/h5,8,10,12-13,15,18H,2-4,6-7,9H2,1H3. The summed E-state index contributed by atoms with van der Waals surface area (Å²) >= 11 is 6.08. The molecule has 0 aromatic heterocycles. The monoisotopic (exact) mass is 263 g/mol. The second kappa shape index (κ2) is 5.13. The Labute approximate surface area is 115 Å². The van der Waals surface area contributed by atoms with Crippen LogP contribution in [0.1, 0.15) is 44.1 Å². The maximum absolute atomic E-state index is 6.08. The van der Waals surface area contributed by atoms with E-state index >= 15 is 0 Å². The van der Waals surface area contributed by atoms with Crippen molar-refractivity contribution in [2.45, 2.75) is 51.5 Å². The SMILES string of the molecule is Cc1ccc(Cl)cc1NC1CCCC(C2CC2)C1. The van der Waals surface area contributed by atoms with Crippen molar-refractivity contribution in [3.8, 4) is 0 Å². The second-order valence-corrected chi connectivity index (χ2v) is 6.50. The number of anilines is 1. The lowest BCUT2D eigenvalue weighted by atomic mass is 9.82. The third kappa shape index (κ3) is 2.83. The smallest absolute Gasteiger partial charge is 0.0426 e. The summed E-state index contributed by atoms with van der Waals surface area (Å²) in [4.78, 5) is 0. The molecule has 2 saturated carbocycles. The van der Waals surface area contributed by atoms with Gasteiger partial charge in [-0.05, 0) is 62.1 Å². The molecule has 1 N–H and O–H groups in total. The van der Waals surface area contributed by atoms with Crippen molar-refractivity contribution in [1.82, 2.24) is 0 Å². The molecular weight excluding hydrogens is 242 g/mol. The predicted molar refractivity (Wildman–Crippen MR) is 78.3 cm³/mol. The van der Waals surface area contributed by atoms with Gasteiger partial charge in [-0.2, -0.15) is 0 Å². The number of halogens is 1. The van der Waals surface area contributed by atoms with Crippen molar-refractivity contribution in [3.05, 3.63) is 28.8 Å². The summed E-state index contributed by atoms with van der Waals surface area (Å²) < 4.78 is 0. The van der Waals surface area contributed by atoms with Crippen molar-refractivity contribution >= 4 is 17.3 Å². The van der Waals surface area contributed by atoms with Gasteiger partial charge in [-0.15, -0.1) is 0 Å². The Morgan fingerprint density at radius 2 is 1.94 bits per heavy atom. The van der Waals surface area contributed by atoms with Gasteiger partial charge >= 0.3 is 0 Å². The second-order valence-electron chi connectivity index (χ2n) is 6.06. The van der Waals surface area contributed by atoms with Crippen molar-refractivity contribution in [2.75, 3.05) is 5.32 Å². The lowest BCUT2D eigenvalue weighted by molar-refractivity contribution is 0.303. The summed E-state index contributed by atoms with van der Waals surface area (Å²) in [5, 5.41) is 4.55. The van der Waals surface area contributed by atoms with E-state index < -0.39 is 0 Å². The summed E-state index contributed by atoms with van der Waals surface area (Å²) in [7, 11) is 0. The molecule has 1 nitrogen and oxygen atoms in total. The number of nitrogens with one attached hydrogen (secondary N) is 1. The van der Waals surface area contributed by atoms with E-state index in [2.05, 4.69) is 24.4 Å². The van der Waals surface area contributed by atoms with Crippen LogP contribution in [0.3, 0.4) is 0 Å². The van der Waals surface area contributed by atoms with E-state index in [0.717, 1.165) is 16.9 Å². The minimum atomic E-state index is 0.654. The highest BCUT2D eigenvalue weighted by atomic mass is 35.5. The minimum absolute atomic E-state index is 0.654. The Morgan fingerprint density at radius 3 is 2.72 bits per heavy atom. The minimum Gasteiger partial charge on any atom is -0.382 e. The molecule has 98 valence electrons. The molecule has 18 heavy (non-hydrogen) atoms. The van der Waals surface area contributed by atoms with Crippen LogP contribution in [0.25, 0.3) is 0 Å². The van der Waals surface area contributed by atoms with Gasteiger partial charge < -0.3 is 5.32 Å². The zero-order valence-electron chi connectivity index (χ0n) is 11.1. The normalized spacial score (nSPS) is 28.1. The molecule has 0 radical (unpaired) electrons. The van der Waals surface area contributed by atoms with Gasteiger partial charge in [0.05, 0.1) is 0 Å². The van der Waals surface area contributed by atoms with E-state index in [1.165, 1.54) is 49.8 Å². The van der Waals surface area contributed by atoms with Crippen LogP contribution in [-0.4, -0.2) is 6.04 Å². The molecule has 3 rings (SSSR count). The fraction of sp³-hybridized carbons (Fsp3) is 0.625. The molecule has 2 heteroatoms. The number of rotatable bonds is 3. The van der Waals surface area contributed by atoms with Crippen LogP contribution in [-0.2, 0) is 0 Å². The molecule has 2 atom stereocenters. The van der Waals surface area contributed by atoms with Gasteiger partial charge in [0.25, 0.3) is 0 Å². The number of aryl methyl sites for hydroxylation is 1. The highest BCUT2D eigenvalue weighted by molar-refractivity contribution is 6.30. The molecule has 0 heterocycles. The van der Waals surface area contributed by atoms with Crippen LogP contribution < -0.4 is 5.32 Å². The van der Waals surface area contributed by atoms with Crippen LogP contribution in [0.5, 0.6) is 0 Å². The van der Waals surface area contributed by atoms with Crippen LogP contribution in [0.15, 0.2) is 18.2 Å². The maximum Gasteiger partial charge on any atom is 0.0426 e. The molecule has 0 bridgehead atoms. The number of benzene rings is 1. The van der Waals surface area contributed by atoms with Crippen LogP contribution in [0.2, 0.25) is 5.02 Å². The predicted octanol–water partition coefficient (Wildman–Crippen LogP) is 5.03. The van der Waals surface area contributed by atoms with Gasteiger partial charge in [0, 0.05) is 16.8 Å². The zero-order valence-corrected chi connectivity index (χ0v) is 11.8. The van der Waals surface area contributed by atoms with Gasteiger partial charge in [-0.3, -0.25) is 0 Å². The Balaban J connectivity index is 1.65. The van der Waals surface area contributed by atoms with E-state index in [-0.39, 0.29) is 0 Å². The zero-order chi connectivity index (χ0) is 12.5. The summed E-state index contributed by atoms with van der Waals surface area (Å²) in [6.07, 6.45) is 8.47. The Kier molecular flexibility index (Phi) is 3.52. The van der Waals surface area contributed by atoms with Gasteiger partial charge in [0.15, 0.2) is 0 Å². The molecule has 1 aromatic carbocycles. The molecule has 2 fully saturated rings. The molecular formula is C16H22ClN. The maximum atomic E-state index is 6.08. The highest BCUT2D eigenvalue weighted by Gasteiger charge is 2.34. The number of hydrogen-bond acceptors (Lipinski definition) is 1. The molecule has 0 saturated heterocycles. The molecule has 1 aromatic rings. The molecule has 0 amide bonds. The van der Waals surface area contributed by atoms with E-state index in [0.29, 0.717) is 6.04 Å². The molecule has 2 unspecified atom stereocenters. The van der Waals surface area contributed by atoms with Crippen molar-refractivity contribution in [2.24, 2.45) is 11.8 Å². The topological polar surface area (TPSA) is 12.0 Å². The fourth-order valence-corrected chi connectivity index (χ4v) is 3.50. The first-order valence-electron chi connectivity index (χ1n) is 7.25. The van der Waals surface area contributed by atoms with Crippen LogP contribution >= 0.6 is 11.6 Å². The van der Waals surface area contributed by atoms with Gasteiger partial charge in [-0.25, -0.2) is 0 Å². The van der Waals surface area contributed by atoms with Gasteiger partial charge in [0.2, 0.25) is 0 Å². The molecule has 2 aliphatic rings. The highest BCUT2D eigenvalue weighted by Crippen LogP contribution is 2.44. The van der Waals surface area contributed by atoms with E-state index in [1.54, 1.807) is 0 Å². The average Bonchev–Trinajstić information content (AvgIpc) is 3.18. The van der Waals surface area contributed by atoms with E-state index in [9.17, 15) is 0 Å². The molecule has 0 aliphatic heterocycles. The quantitative estimate of drug-likeness (QED) is 0.807. The first-order chi connectivity index (χ1) is 8.72. The van der Waals surface area contributed by atoms with Crippen LogP contribution in [0.4, 0.5) is 5.69 Å². The summed E-state index contributed by atoms with van der Waals surface area (Å²) in [5.41, 5.74) is 2.52. The summed E-state index contributed by atoms with van der Waals surface area (Å²) in [6.45, 7) is 2.15. The Morgan fingerprint density at radius 1 is 1.11 bits per heavy atom. The Bertz CT molecular complexity index is 425. The van der Waals surface area contributed by atoms with E-state index in [1.807, 2.05) is 6.07 Å². The lowest BCUT2D eigenvalue weighted by Gasteiger charge is -2.31. The number of hydrogen-bond donors (Lipinski definition) is 1. The summed E-state index contributed by atoms with van der Waals surface area (Å²) in [6, 6.07) is 6.79. The first kappa shape index (κ1) is 12.3. The fourth-order valence-electron chi connectivity index (χ4n) is 3.32. The first-order valence-corrected chi connectivity index (χ1v) is 7.63. The van der Waals surface area contributed by atoms with E-state index in [4.69, 9.17) is 11.6 Å². The third-order valence-corrected chi connectivity index (χ3v) is 4.80. The average molecular weight is 264 g/mol. The lowest BCUT2D eigenvalue weighted by Crippen LogP contribution is -2.28. The Hall–Kier alpha value is -0.690. The van der Waals surface area contributed by atoms with Crippen molar-refractivity contribution in [1.29, 1.82) is 0 Å². The third-order valence-electron chi connectivity index (χ3n) is 4.56.